The summed E-state index contributed by atoms with van der Waals surface area (Å²) < 4.78 is 0. The Labute approximate surface area is 137 Å². The van der Waals surface area contributed by atoms with Crippen LogP contribution < -0.4 is 0 Å². The molecule has 23 heavy (non-hydrogen) atoms. The van der Waals surface area contributed by atoms with Crippen molar-refractivity contribution in [3.63, 3.8) is 0 Å². The van der Waals surface area contributed by atoms with Gasteiger partial charge in [0.15, 0.2) is 0 Å². The van der Waals surface area contributed by atoms with Gasteiger partial charge in [-0.2, -0.15) is 0 Å². The van der Waals surface area contributed by atoms with Crippen molar-refractivity contribution >= 4 is 5.57 Å². The molecule has 0 aromatic heterocycles. The second kappa shape index (κ2) is 6.10. The van der Waals surface area contributed by atoms with Gasteiger partial charge in [0.05, 0.1) is 0 Å². The fourth-order valence-corrected chi connectivity index (χ4v) is 3.33. The van der Waals surface area contributed by atoms with Crippen molar-refractivity contribution in [1.29, 1.82) is 0 Å². The lowest BCUT2D eigenvalue weighted by Crippen LogP contribution is -2.10. The molecular formula is C23H18. The number of hydrogen-bond donors (Lipinski definition) is 0. The first-order valence-electron chi connectivity index (χ1n) is 8.01. The van der Waals surface area contributed by atoms with E-state index in [2.05, 4.69) is 103 Å². The van der Waals surface area contributed by atoms with Crippen molar-refractivity contribution in [3.05, 3.63) is 125 Å². The predicted molar refractivity (Wildman–Crippen MR) is 98.0 cm³/mol. The zero-order valence-electron chi connectivity index (χ0n) is 12.9. The summed E-state index contributed by atoms with van der Waals surface area (Å²) in [5.41, 5.74) is 6.64. The second-order valence-corrected chi connectivity index (χ2v) is 5.82. The van der Waals surface area contributed by atoms with E-state index in [0.29, 0.717) is 0 Å². The van der Waals surface area contributed by atoms with E-state index in [1.807, 2.05) is 0 Å². The predicted octanol–water partition coefficient (Wildman–Crippen LogP) is 5.85. The Morgan fingerprint density at radius 1 is 0.565 bits per heavy atom. The van der Waals surface area contributed by atoms with E-state index >= 15 is 0 Å². The van der Waals surface area contributed by atoms with Crippen LogP contribution in [0.15, 0.2) is 114 Å². The third kappa shape index (κ3) is 2.64. The highest BCUT2D eigenvalue weighted by atomic mass is 14.3. The first kappa shape index (κ1) is 13.8. The molecule has 0 spiro atoms. The minimum atomic E-state index is 0.269. The van der Waals surface area contributed by atoms with E-state index in [4.69, 9.17) is 0 Å². The molecule has 0 saturated carbocycles. The zero-order valence-corrected chi connectivity index (χ0v) is 12.9. The van der Waals surface area contributed by atoms with Crippen molar-refractivity contribution in [2.24, 2.45) is 0 Å². The third-order valence-electron chi connectivity index (χ3n) is 4.41. The lowest BCUT2D eigenvalue weighted by atomic mass is 9.75. The minimum Gasteiger partial charge on any atom is -0.0622 e. The normalized spacial score (nSPS) is 19.3. The summed E-state index contributed by atoms with van der Waals surface area (Å²) in [7, 11) is 0. The van der Waals surface area contributed by atoms with Gasteiger partial charge in [-0.25, -0.2) is 0 Å². The summed E-state index contributed by atoms with van der Waals surface area (Å²) in [6, 6.07) is 21.5. The summed E-state index contributed by atoms with van der Waals surface area (Å²) in [5.74, 6) is 0.269. The molecular weight excluding hydrogens is 276 g/mol. The molecule has 0 aliphatic heterocycles. The molecule has 110 valence electrons. The van der Waals surface area contributed by atoms with E-state index < -0.39 is 0 Å². The molecule has 0 bridgehead atoms. The monoisotopic (exact) mass is 294 g/mol. The van der Waals surface area contributed by atoms with Gasteiger partial charge in [-0.3, -0.25) is 0 Å². The largest absolute Gasteiger partial charge is 0.0622 e. The van der Waals surface area contributed by atoms with Crippen molar-refractivity contribution < 1.29 is 0 Å². The maximum Gasteiger partial charge on any atom is 0.0351 e. The first-order valence-corrected chi connectivity index (χ1v) is 8.01. The summed E-state index contributed by atoms with van der Waals surface area (Å²) in [5, 5.41) is 0. The van der Waals surface area contributed by atoms with E-state index in [9.17, 15) is 0 Å². The van der Waals surface area contributed by atoms with Crippen molar-refractivity contribution in [2.75, 3.05) is 0 Å². The zero-order chi connectivity index (χ0) is 15.5. The van der Waals surface area contributed by atoms with Gasteiger partial charge >= 0.3 is 0 Å². The molecule has 0 nitrogen and oxygen atoms in total. The Kier molecular flexibility index (Phi) is 3.65. The van der Waals surface area contributed by atoms with Gasteiger partial charge in [0, 0.05) is 5.92 Å². The van der Waals surface area contributed by atoms with Crippen LogP contribution >= 0.6 is 0 Å². The van der Waals surface area contributed by atoms with E-state index in [-0.39, 0.29) is 5.92 Å². The summed E-state index contributed by atoms with van der Waals surface area (Å²) in [4.78, 5) is 0. The summed E-state index contributed by atoms with van der Waals surface area (Å²) >= 11 is 0. The maximum absolute atomic E-state index is 2.27. The highest BCUT2D eigenvalue weighted by Crippen LogP contribution is 2.44. The SMILES string of the molecule is C1=CC=C2C(=CC=C(c3ccccc3)C2c2ccccc2)C=C1. The molecule has 0 heterocycles. The van der Waals surface area contributed by atoms with E-state index in [1.54, 1.807) is 0 Å². The van der Waals surface area contributed by atoms with Crippen LogP contribution in [-0.4, -0.2) is 0 Å². The molecule has 2 aliphatic rings. The number of allylic oxidation sites excluding steroid dienone is 10. The van der Waals surface area contributed by atoms with Crippen molar-refractivity contribution in [3.8, 4) is 0 Å². The fourth-order valence-electron chi connectivity index (χ4n) is 3.33. The topological polar surface area (TPSA) is 0 Å². The summed E-state index contributed by atoms with van der Waals surface area (Å²) in [6.07, 6.45) is 15.3. The lowest BCUT2D eigenvalue weighted by Gasteiger charge is -2.28. The Morgan fingerprint density at radius 3 is 2.09 bits per heavy atom. The Morgan fingerprint density at radius 2 is 1.30 bits per heavy atom. The number of fused-ring (bicyclic) bond motifs is 1. The van der Waals surface area contributed by atoms with Crippen LogP contribution in [0.5, 0.6) is 0 Å². The molecule has 0 fully saturated rings. The van der Waals surface area contributed by atoms with Crippen LogP contribution in [0.1, 0.15) is 17.0 Å². The number of benzene rings is 2. The van der Waals surface area contributed by atoms with Gasteiger partial charge < -0.3 is 0 Å². The second-order valence-electron chi connectivity index (χ2n) is 5.82. The highest BCUT2D eigenvalue weighted by molar-refractivity contribution is 5.81. The molecule has 4 rings (SSSR count). The molecule has 1 atom stereocenters. The van der Waals surface area contributed by atoms with Gasteiger partial charge in [0.1, 0.15) is 0 Å². The van der Waals surface area contributed by atoms with E-state index in [0.717, 1.165) is 0 Å². The van der Waals surface area contributed by atoms with Gasteiger partial charge in [0.2, 0.25) is 0 Å². The molecule has 2 aromatic carbocycles. The van der Waals surface area contributed by atoms with E-state index in [1.165, 1.54) is 27.8 Å². The van der Waals surface area contributed by atoms with Gasteiger partial charge in [-0.05, 0) is 27.8 Å². The van der Waals surface area contributed by atoms with Gasteiger partial charge in [0.25, 0.3) is 0 Å². The smallest absolute Gasteiger partial charge is 0.0351 e. The molecule has 1 unspecified atom stereocenters. The average molecular weight is 294 g/mol. The summed E-state index contributed by atoms with van der Waals surface area (Å²) in [6.45, 7) is 0. The molecule has 0 amide bonds. The highest BCUT2D eigenvalue weighted by Gasteiger charge is 2.26. The van der Waals surface area contributed by atoms with Crippen LogP contribution in [0, 0.1) is 0 Å². The molecule has 0 N–H and O–H groups in total. The Balaban J connectivity index is 1.91. The molecule has 0 saturated heterocycles. The number of hydrogen-bond acceptors (Lipinski definition) is 0. The van der Waals surface area contributed by atoms with Crippen LogP contribution in [-0.2, 0) is 0 Å². The maximum atomic E-state index is 2.27. The van der Waals surface area contributed by atoms with Crippen molar-refractivity contribution in [1.82, 2.24) is 0 Å². The fraction of sp³-hybridized carbons (Fsp3) is 0.0435. The quantitative estimate of drug-likeness (QED) is 0.652. The Hall–Kier alpha value is -2.86. The van der Waals surface area contributed by atoms with Gasteiger partial charge in [-0.1, -0.05) is 103 Å². The van der Waals surface area contributed by atoms with Gasteiger partial charge in [-0.15, -0.1) is 0 Å². The average Bonchev–Trinajstić information content (AvgIpc) is 2.88. The minimum absolute atomic E-state index is 0.269. The van der Waals surface area contributed by atoms with Crippen LogP contribution in [0.4, 0.5) is 0 Å². The first-order chi connectivity index (χ1) is 11.4. The molecule has 0 heteroatoms. The lowest BCUT2D eigenvalue weighted by molar-refractivity contribution is 1.02. The van der Waals surface area contributed by atoms with Crippen molar-refractivity contribution in [2.45, 2.75) is 5.92 Å². The standard InChI is InChI=1S/C23H18/c1-4-10-18(11-5-1)22-17-16-19-12-6-3-9-15-21(19)23(22)20-13-7-2-8-14-20/h1-17,23H. The van der Waals surface area contributed by atoms with Crippen LogP contribution in [0.25, 0.3) is 5.57 Å². The molecule has 2 aromatic rings. The number of rotatable bonds is 2. The third-order valence-corrected chi connectivity index (χ3v) is 4.41. The van der Waals surface area contributed by atoms with Crippen LogP contribution in [0.3, 0.4) is 0 Å². The van der Waals surface area contributed by atoms with Crippen LogP contribution in [0.2, 0.25) is 0 Å². The molecule has 0 radical (unpaired) electrons. The Bertz CT molecular complexity index is 843. The molecule has 2 aliphatic carbocycles.